The van der Waals surface area contributed by atoms with Crippen LogP contribution in [0.1, 0.15) is 43.5 Å². The normalized spacial score (nSPS) is 11.2. The molecule has 0 fully saturated rings. The number of nitrogens with zero attached hydrogens (tertiary/aromatic N) is 1. The number of fused-ring (bicyclic) bond motifs is 1. The van der Waals surface area contributed by atoms with E-state index < -0.39 is 0 Å². The molecule has 0 unspecified atom stereocenters. The predicted octanol–water partition coefficient (Wildman–Crippen LogP) is 5.59. The molecule has 30 heavy (non-hydrogen) atoms. The number of aromatic nitrogens is 1. The van der Waals surface area contributed by atoms with Gasteiger partial charge in [-0.2, -0.15) is 0 Å². The average molecular weight is 447 g/mol. The van der Waals surface area contributed by atoms with E-state index in [9.17, 15) is 4.79 Å². The minimum Gasteiger partial charge on any atom is -0.493 e. The maximum atomic E-state index is 11.0. The van der Waals surface area contributed by atoms with Crippen molar-refractivity contribution in [2.24, 2.45) is 5.73 Å². The van der Waals surface area contributed by atoms with Crippen LogP contribution in [0.5, 0.6) is 5.75 Å². The summed E-state index contributed by atoms with van der Waals surface area (Å²) in [6.07, 6.45) is 3.84. The average Bonchev–Trinajstić information content (AvgIpc) is 3.13. The van der Waals surface area contributed by atoms with E-state index in [1.54, 1.807) is 17.8 Å². The highest BCUT2D eigenvalue weighted by Crippen LogP contribution is 2.32. The second-order valence-corrected chi connectivity index (χ2v) is 8.65. The number of hydrogen-bond donors (Lipinski definition) is 1. The number of benzene rings is 2. The monoisotopic (exact) mass is 446 g/mol. The lowest BCUT2D eigenvalue weighted by atomic mass is 10.0. The van der Waals surface area contributed by atoms with Crippen LogP contribution in [-0.4, -0.2) is 23.4 Å². The minimum atomic E-state index is -0.361. The quantitative estimate of drug-likeness (QED) is 0.307. The standard InChI is InChI=1S/C23H27ClN2O3S/c1-3-6-17-20(9-8-16-19(4-2)26-29-23(16)17)28-11-5-12-30-21-10-7-15(13-18(21)24)14-22(25)27/h7-10,13H,3-6,11-12,14H2,1-2H3,(H2,25,27). The lowest BCUT2D eigenvalue weighted by molar-refractivity contribution is -0.117. The first-order valence-electron chi connectivity index (χ1n) is 10.3. The Labute approximate surface area is 186 Å². The molecule has 1 amide bonds. The fourth-order valence-corrected chi connectivity index (χ4v) is 4.57. The van der Waals surface area contributed by atoms with E-state index >= 15 is 0 Å². The maximum absolute atomic E-state index is 11.0. The summed E-state index contributed by atoms with van der Waals surface area (Å²) in [5, 5.41) is 5.93. The molecule has 2 N–H and O–H groups in total. The van der Waals surface area contributed by atoms with Gasteiger partial charge in [0.15, 0.2) is 5.58 Å². The van der Waals surface area contributed by atoms with Crippen LogP contribution in [0.3, 0.4) is 0 Å². The Hall–Kier alpha value is -2.18. The van der Waals surface area contributed by atoms with Crippen molar-refractivity contribution < 1.29 is 14.1 Å². The van der Waals surface area contributed by atoms with Crippen LogP contribution >= 0.6 is 23.4 Å². The van der Waals surface area contributed by atoms with E-state index in [-0.39, 0.29) is 12.3 Å². The Morgan fingerprint density at radius 1 is 1.27 bits per heavy atom. The first kappa shape index (κ1) is 22.5. The molecule has 3 aromatic rings. The van der Waals surface area contributed by atoms with Gasteiger partial charge in [0.2, 0.25) is 5.91 Å². The highest BCUT2D eigenvalue weighted by molar-refractivity contribution is 7.99. The highest BCUT2D eigenvalue weighted by Gasteiger charge is 2.15. The number of primary amides is 1. The SMILES string of the molecule is CCCc1c(OCCCSc2ccc(CC(N)=O)cc2Cl)ccc2c(CC)noc12. The Morgan fingerprint density at radius 2 is 2.10 bits per heavy atom. The summed E-state index contributed by atoms with van der Waals surface area (Å²) in [5.41, 5.74) is 9.00. The Bertz CT molecular complexity index is 1020. The number of hydrogen-bond acceptors (Lipinski definition) is 5. The van der Waals surface area contributed by atoms with E-state index in [0.29, 0.717) is 11.6 Å². The Balaban J connectivity index is 1.56. The molecule has 0 atom stereocenters. The van der Waals surface area contributed by atoms with E-state index in [1.165, 1.54) is 0 Å². The van der Waals surface area contributed by atoms with Gasteiger partial charge in [0.05, 0.1) is 23.7 Å². The van der Waals surface area contributed by atoms with Crippen LogP contribution in [-0.2, 0) is 24.1 Å². The first-order chi connectivity index (χ1) is 14.5. The molecule has 0 radical (unpaired) electrons. The third kappa shape index (κ3) is 5.49. The van der Waals surface area contributed by atoms with Gasteiger partial charge in [0, 0.05) is 21.6 Å². The fraction of sp³-hybridized carbons (Fsp3) is 0.391. The summed E-state index contributed by atoms with van der Waals surface area (Å²) >= 11 is 8.00. The molecular formula is C23H27ClN2O3S. The van der Waals surface area contributed by atoms with Crippen molar-refractivity contribution >= 4 is 40.2 Å². The van der Waals surface area contributed by atoms with Gasteiger partial charge >= 0.3 is 0 Å². The summed E-state index contributed by atoms with van der Waals surface area (Å²) in [7, 11) is 0. The second-order valence-electron chi connectivity index (χ2n) is 7.11. The molecule has 5 nitrogen and oxygen atoms in total. The largest absolute Gasteiger partial charge is 0.493 e. The Morgan fingerprint density at radius 3 is 2.80 bits per heavy atom. The molecule has 1 aromatic heterocycles. The van der Waals surface area contributed by atoms with E-state index in [1.807, 2.05) is 24.3 Å². The molecule has 160 valence electrons. The van der Waals surface area contributed by atoms with Gasteiger partial charge in [0.25, 0.3) is 0 Å². The maximum Gasteiger partial charge on any atom is 0.221 e. The molecule has 0 aliphatic carbocycles. The van der Waals surface area contributed by atoms with Crippen LogP contribution in [0.15, 0.2) is 39.8 Å². The summed E-state index contributed by atoms with van der Waals surface area (Å²) < 4.78 is 11.7. The molecular weight excluding hydrogens is 420 g/mol. The number of carbonyl (C=O) groups is 1. The number of ether oxygens (including phenoxy) is 1. The summed E-state index contributed by atoms with van der Waals surface area (Å²) in [6.45, 7) is 4.84. The zero-order chi connectivity index (χ0) is 21.5. The van der Waals surface area contributed by atoms with Gasteiger partial charge in [-0.3, -0.25) is 4.79 Å². The summed E-state index contributed by atoms with van der Waals surface area (Å²) in [4.78, 5) is 12.0. The van der Waals surface area contributed by atoms with Crippen molar-refractivity contribution in [2.75, 3.05) is 12.4 Å². The molecule has 0 aliphatic heterocycles. The highest BCUT2D eigenvalue weighted by atomic mass is 35.5. The van der Waals surface area contributed by atoms with Crippen molar-refractivity contribution in [1.29, 1.82) is 0 Å². The van der Waals surface area contributed by atoms with Gasteiger partial charge in [0.1, 0.15) is 5.75 Å². The molecule has 2 aromatic carbocycles. The second kappa shape index (κ2) is 10.7. The van der Waals surface area contributed by atoms with Crippen LogP contribution in [0.4, 0.5) is 0 Å². The third-order valence-electron chi connectivity index (χ3n) is 4.79. The van der Waals surface area contributed by atoms with Gasteiger partial charge in [-0.1, -0.05) is 43.1 Å². The molecule has 3 rings (SSSR count). The van der Waals surface area contributed by atoms with Gasteiger partial charge < -0.3 is 15.0 Å². The number of aryl methyl sites for hydroxylation is 2. The lowest BCUT2D eigenvalue weighted by Crippen LogP contribution is -2.13. The number of rotatable bonds is 11. The third-order valence-corrected chi connectivity index (χ3v) is 6.37. The molecule has 7 heteroatoms. The summed E-state index contributed by atoms with van der Waals surface area (Å²) in [6, 6.07) is 9.71. The van der Waals surface area contributed by atoms with Gasteiger partial charge in [-0.15, -0.1) is 11.8 Å². The van der Waals surface area contributed by atoms with Crippen LogP contribution in [0.2, 0.25) is 5.02 Å². The van der Waals surface area contributed by atoms with Crippen molar-refractivity contribution in [1.82, 2.24) is 5.16 Å². The van der Waals surface area contributed by atoms with Crippen molar-refractivity contribution in [2.45, 2.75) is 50.8 Å². The molecule has 0 aliphatic rings. The summed E-state index contributed by atoms with van der Waals surface area (Å²) in [5.74, 6) is 1.39. The van der Waals surface area contributed by atoms with E-state index in [4.69, 9.17) is 26.6 Å². The molecule has 0 saturated carbocycles. The molecule has 1 heterocycles. The number of thioether (sulfide) groups is 1. The molecule has 0 spiro atoms. The van der Waals surface area contributed by atoms with E-state index in [2.05, 4.69) is 19.0 Å². The zero-order valence-electron chi connectivity index (χ0n) is 17.4. The van der Waals surface area contributed by atoms with Crippen LogP contribution < -0.4 is 10.5 Å². The first-order valence-corrected chi connectivity index (χ1v) is 11.6. The van der Waals surface area contributed by atoms with Crippen LogP contribution in [0, 0.1) is 0 Å². The predicted molar refractivity (Wildman–Crippen MR) is 123 cm³/mol. The molecule has 0 bridgehead atoms. The van der Waals surface area contributed by atoms with Gasteiger partial charge in [-0.25, -0.2) is 0 Å². The van der Waals surface area contributed by atoms with Crippen molar-refractivity contribution in [3.05, 3.63) is 52.2 Å². The van der Waals surface area contributed by atoms with Crippen LogP contribution in [0.25, 0.3) is 11.0 Å². The van der Waals surface area contributed by atoms with Crippen molar-refractivity contribution in [3.63, 3.8) is 0 Å². The molecule has 0 saturated heterocycles. The lowest BCUT2D eigenvalue weighted by Gasteiger charge is -2.11. The van der Waals surface area contributed by atoms with E-state index in [0.717, 1.165) is 69.9 Å². The smallest absolute Gasteiger partial charge is 0.221 e. The Kier molecular flexibility index (Phi) is 8.05. The number of halogens is 1. The fourth-order valence-electron chi connectivity index (χ4n) is 3.36. The number of amides is 1. The minimum absolute atomic E-state index is 0.202. The topological polar surface area (TPSA) is 78.4 Å². The zero-order valence-corrected chi connectivity index (χ0v) is 18.9. The van der Waals surface area contributed by atoms with Gasteiger partial charge in [-0.05, 0) is 49.1 Å². The number of carbonyl (C=O) groups excluding carboxylic acids is 1. The number of nitrogens with two attached hydrogens (primary N) is 1. The van der Waals surface area contributed by atoms with Crippen molar-refractivity contribution in [3.8, 4) is 5.75 Å².